The maximum Gasteiger partial charge on any atom is 0.293 e. The highest BCUT2D eigenvalue weighted by molar-refractivity contribution is 8.00. The summed E-state index contributed by atoms with van der Waals surface area (Å²) in [6.45, 7) is 12.7. The second kappa shape index (κ2) is 20.1. The van der Waals surface area contributed by atoms with Gasteiger partial charge in [0.2, 0.25) is 0 Å². The van der Waals surface area contributed by atoms with Crippen molar-refractivity contribution in [3.8, 4) is 11.5 Å². The number of nitro groups is 1. The molecule has 358 valence electrons. The van der Waals surface area contributed by atoms with Crippen LogP contribution >= 0.6 is 11.6 Å². The Bertz CT molecular complexity index is 2830. The predicted molar refractivity (Wildman–Crippen MR) is 269 cm³/mol. The summed E-state index contributed by atoms with van der Waals surface area (Å²) in [5, 5.41) is 17.0. The third-order valence-corrected chi connectivity index (χ3v) is 17.4. The zero-order chi connectivity index (χ0) is 47.5. The van der Waals surface area contributed by atoms with Gasteiger partial charge in [-0.2, -0.15) is 0 Å². The summed E-state index contributed by atoms with van der Waals surface area (Å²) < 4.78 is 50.8. The van der Waals surface area contributed by atoms with E-state index in [4.69, 9.17) is 16.3 Å². The van der Waals surface area contributed by atoms with E-state index in [9.17, 15) is 27.9 Å². The minimum Gasteiger partial charge on any atom is -0.455 e. The Morgan fingerprint density at radius 2 is 1.78 bits per heavy atom. The Morgan fingerprint density at radius 1 is 1.03 bits per heavy atom. The minimum absolute atomic E-state index is 0.0482. The van der Waals surface area contributed by atoms with Gasteiger partial charge in [0.05, 0.1) is 21.6 Å². The largest absolute Gasteiger partial charge is 0.455 e. The molecule has 1 atom stereocenters. The number of amides is 1. The van der Waals surface area contributed by atoms with Crippen LogP contribution in [0.25, 0.3) is 16.6 Å². The molecule has 0 spiro atoms. The molecule has 2 aliphatic heterocycles. The minimum atomic E-state index is -4.60. The number of piperazine rings is 1. The molecular formula is C48H60ClN9O7S2. The zero-order valence-corrected chi connectivity index (χ0v) is 40.8. The number of halogens is 1. The van der Waals surface area contributed by atoms with Crippen molar-refractivity contribution in [3.63, 3.8) is 0 Å². The van der Waals surface area contributed by atoms with Gasteiger partial charge in [-0.25, -0.2) is 18.1 Å². The van der Waals surface area contributed by atoms with Crippen molar-refractivity contribution in [1.82, 2.24) is 24.5 Å². The summed E-state index contributed by atoms with van der Waals surface area (Å²) in [6.07, 6.45) is 7.12. The lowest BCUT2D eigenvalue weighted by molar-refractivity contribution is -0.384. The molecule has 0 saturated carbocycles. The van der Waals surface area contributed by atoms with Crippen molar-refractivity contribution in [3.05, 3.63) is 117 Å². The van der Waals surface area contributed by atoms with Crippen LogP contribution in [0.1, 0.15) is 62.4 Å². The third kappa shape index (κ3) is 11.7. The number of aromatic amines is 1. The van der Waals surface area contributed by atoms with Crippen LogP contribution in [0.5, 0.6) is 11.5 Å². The number of benzene rings is 3. The van der Waals surface area contributed by atoms with E-state index in [0.29, 0.717) is 42.4 Å². The SMILES string of the molecule is CN=[SH]1(O)CCN(CC[C@H](C)Nc2ccc(S(=O)(=O)NC(=O)c3ccc(N4CCN(CC5=C(c6ccc(Cl)cc6)CC(C)(C)CC5)CC4)cc3Oc3cnc4[nH]ccc4c3)cc2[N+](=O)[O-])CC1. The number of ether oxygens (including phenoxy) is 1. The number of H-pyrrole nitrogens is 1. The van der Waals surface area contributed by atoms with Gasteiger partial charge in [-0.05, 0) is 97.7 Å². The number of anilines is 2. The van der Waals surface area contributed by atoms with Gasteiger partial charge in [0, 0.05) is 111 Å². The first-order chi connectivity index (χ1) is 32.0. The van der Waals surface area contributed by atoms with Crippen LogP contribution in [0.2, 0.25) is 5.02 Å². The van der Waals surface area contributed by atoms with Gasteiger partial charge in [-0.15, -0.1) is 10.1 Å². The highest BCUT2D eigenvalue weighted by Gasteiger charge is 2.31. The molecule has 4 N–H and O–H groups in total. The number of hydrogen-bond donors (Lipinski definition) is 5. The molecule has 1 aliphatic carbocycles. The molecule has 3 aliphatic rings. The molecule has 2 fully saturated rings. The van der Waals surface area contributed by atoms with Gasteiger partial charge in [-0.1, -0.05) is 43.2 Å². The fraction of sp³-hybridized carbons (Fsp3) is 0.417. The molecule has 0 unspecified atom stereocenters. The second-order valence-corrected chi connectivity index (χ2v) is 23.8. The molecule has 5 aromatic rings. The van der Waals surface area contributed by atoms with Crippen LogP contribution in [0.15, 0.2) is 100 Å². The van der Waals surface area contributed by atoms with Crippen LogP contribution in [-0.2, 0) is 20.1 Å². The van der Waals surface area contributed by atoms with Crippen LogP contribution in [-0.4, -0.2) is 121 Å². The van der Waals surface area contributed by atoms with Crippen molar-refractivity contribution < 1.29 is 27.4 Å². The lowest BCUT2D eigenvalue weighted by atomic mass is 9.72. The number of nitrogens with zero attached hydrogens (tertiary/aromatic N) is 6. The molecule has 4 heterocycles. The molecule has 3 aromatic carbocycles. The number of sulfonamides is 1. The topological polar surface area (TPSA) is 199 Å². The van der Waals surface area contributed by atoms with E-state index in [2.05, 4.69) is 65.0 Å². The summed E-state index contributed by atoms with van der Waals surface area (Å²) in [5.41, 5.74) is 5.44. The fourth-order valence-electron chi connectivity index (χ4n) is 9.13. The molecule has 19 heteroatoms. The van der Waals surface area contributed by atoms with Gasteiger partial charge in [0.15, 0.2) is 0 Å². The van der Waals surface area contributed by atoms with Gasteiger partial charge >= 0.3 is 0 Å². The molecular weight excluding hydrogens is 914 g/mol. The van der Waals surface area contributed by atoms with Crippen LogP contribution in [0.3, 0.4) is 0 Å². The Kier molecular flexibility index (Phi) is 14.4. The molecule has 1 amide bonds. The lowest BCUT2D eigenvalue weighted by Gasteiger charge is -2.39. The molecule has 0 bridgehead atoms. The van der Waals surface area contributed by atoms with Gasteiger partial charge in [-0.3, -0.25) is 24.2 Å². The number of aromatic nitrogens is 2. The van der Waals surface area contributed by atoms with Gasteiger partial charge in [0.1, 0.15) is 22.8 Å². The highest BCUT2D eigenvalue weighted by atomic mass is 35.5. The number of nitrogens with one attached hydrogen (secondary N) is 3. The van der Waals surface area contributed by atoms with Crippen molar-refractivity contribution in [2.45, 2.75) is 57.4 Å². The van der Waals surface area contributed by atoms with Crippen molar-refractivity contribution >= 4 is 71.3 Å². The van der Waals surface area contributed by atoms with Crippen LogP contribution in [0, 0.1) is 15.5 Å². The first-order valence-corrected chi connectivity index (χ1v) is 26.6. The number of carbonyl (C=O) groups excluding carboxylic acids is 1. The summed E-state index contributed by atoms with van der Waals surface area (Å²) in [5.74, 6) is 0.792. The quantitative estimate of drug-likeness (QED) is 0.0382. The van der Waals surface area contributed by atoms with E-state index in [1.807, 2.05) is 25.1 Å². The van der Waals surface area contributed by atoms with E-state index < -0.39 is 41.5 Å². The number of hydrogen-bond acceptors (Lipinski definition) is 12. The van der Waals surface area contributed by atoms with Gasteiger partial charge < -0.3 is 29.4 Å². The van der Waals surface area contributed by atoms with Crippen molar-refractivity contribution in [1.29, 1.82) is 0 Å². The fourth-order valence-corrected chi connectivity index (χ4v) is 12.1. The molecule has 8 rings (SSSR count). The predicted octanol–water partition coefficient (Wildman–Crippen LogP) is 8.50. The van der Waals surface area contributed by atoms with E-state index in [0.717, 1.165) is 80.7 Å². The average Bonchev–Trinajstić information content (AvgIpc) is 3.78. The summed E-state index contributed by atoms with van der Waals surface area (Å²) >= 11 is 6.25. The highest BCUT2D eigenvalue weighted by Crippen LogP contribution is 2.43. The van der Waals surface area contributed by atoms with Gasteiger partial charge in [0.25, 0.3) is 21.6 Å². The molecule has 0 radical (unpaired) electrons. The number of fused-ring (bicyclic) bond motifs is 1. The monoisotopic (exact) mass is 973 g/mol. The molecule has 2 aromatic heterocycles. The number of allylic oxidation sites excluding steroid dienone is 1. The first kappa shape index (κ1) is 48.1. The van der Waals surface area contributed by atoms with E-state index in [-0.39, 0.29) is 28.5 Å². The summed E-state index contributed by atoms with van der Waals surface area (Å²) in [4.78, 5) is 39.6. The Hall–Kier alpha value is -5.37. The Labute approximate surface area is 398 Å². The normalized spacial score (nSPS) is 18.9. The maximum atomic E-state index is 14.0. The van der Waals surface area contributed by atoms with Crippen molar-refractivity contribution in [2.24, 2.45) is 9.78 Å². The maximum absolute atomic E-state index is 14.0. The Balaban J connectivity index is 0.970. The molecule has 2 saturated heterocycles. The number of pyridine rings is 1. The van der Waals surface area contributed by atoms with Crippen LogP contribution < -0.4 is 19.7 Å². The van der Waals surface area contributed by atoms with Crippen molar-refractivity contribution in [2.75, 3.05) is 81.1 Å². The smallest absolute Gasteiger partial charge is 0.293 e. The lowest BCUT2D eigenvalue weighted by Crippen LogP contribution is -2.47. The van der Waals surface area contributed by atoms with Crippen LogP contribution in [0.4, 0.5) is 17.1 Å². The van der Waals surface area contributed by atoms with E-state index in [1.165, 1.54) is 35.0 Å². The number of nitro benzene ring substituents is 1. The zero-order valence-electron chi connectivity index (χ0n) is 38.4. The van der Waals surface area contributed by atoms with E-state index >= 15 is 0 Å². The van der Waals surface area contributed by atoms with E-state index in [1.54, 1.807) is 37.5 Å². The number of carbonyl (C=O) groups is 1. The first-order valence-electron chi connectivity index (χ1n) is 22.7. The third-order valence-electron chi connectivity index (χ3n) is 13.2. The number of rotatable bonds is 15. The summed E-state index contributed by atoms with van der Waals surface area (Å²) in [6, 6.07) is 20.2. The standard InChI is InChI=1S/C48H60ClN9O7S2/c1-33(15-18-55-23-25-66(62,50-4)26-24-55)53-43-12-10-40(29-44(43)58(60)61)67(63,64)54-47(59)41-11-9-38(28-45(41)65-39-27-35-14-17-51-46(35)52-31-39)57-21-19-56(20-22-57)32-36-13-16-48(2,3)30-42(36)34-5-7-37(49)8-6-34/h5-12,14,17,27-29,31,33,53,66H,13,15-16,18-26,30,32H2,1-4H3,(H,50,62)(H,51,52)(H,54,59)/t33-/m0/s1. The average molecular weight is 975 g/mol. The second-order valence-electron chi connectivity index (χ2n) is 18.6. The number of thiol groups is 1. The molecule has 16 nitrogen and oxygen atoms in total. The Morgan fingerprint density at radius 3 is 2.49 bits per heavy atom. The summed E-state index contributed by atoms with van der Waals surface area (Å²) in [7, 11) is -5.12. The molecule has 67 heavy (non-hydrogen) atoms.